The fourth-order valence-electron chi connectivity index (χ4n) is 1.49. The monoisotopic (exact) mass is 241 g/mol. The predicted molar refractivity (Wildman–Crippen MR) is 67.3 cm³/mol. The highest BCUT2D eigenvalue weighted by molar-refractivity contribution is 5.20. The lowest BCUT2D eigenvalue weighted by atomic mass is 9.92. The highest BCUT2D eigenvalue weighted by atomic mass is 19.3. The lowest BCUT2D eigenvalue weighted by molar-refractivity contribution is -0.00347. The average Bonchev–Trinajstić information content (AvgIpc) is 2.25. The van der Waals surface area contributed by atoms with E-state index in [-0.39, 0.29) is 17.5 Å². The number of halogens is 2. The van der Waals surface area contributed by atoms with Crippen LogP contribution in [0.5, 0.6) is 0 Å². The van der Waals surface area contributed by atoms with Gasteiger partial charge in [0.05, 0.1) is 6.54 Å². The molecule has 0 amide bonds. The summed E-state index contributed by atoms with van der Waals surface area (Å²) in [5.41, 5.74) is 0.248. The Kier molecular flexibility index (Phi) is 4.63. The summed E-state index contributed by atoms with van der Waals surface area (Å²) in [4.78, 5) is 0. The molecule has 0 aliphatic rings. The third kappa shape index (κ3) is 5.26. The lowest BCUT2D eigenvalue weighted by Gasteiger charge is -2.21. The maximum Gasteiger partial charge on any atom is 0.285 e. The number of nitrogens with one attached hydrogen (secondary N) is 1. The van der Waals surface area contributed by atoms with Gasteiger partial charge in [0.1, 0.15) is 0 Å². The van der Waals surface area contributed by atoms with E-state index in [0.717, 1.165) is 6.42 Å². The number of rotatable bonds is 5. The van der Waals surface area contributed by atoms with Crippen molar-refractivity contribution in [2.45, 2.75) is 33.1 Å². The van der Waals surface area contributed by atoms with Crippen molar-refractivity contribution in [2.24, 2.45) is 5.41 Å². The molecule has 1 aromatic rings. The summed E-state index contributed by atoms with van der Waals surface area (Å²) in [5, 5.41) is 2.83. The van der Waals surface area contributed by atoms with Crippen LogP contribution in [0.2, 0.25) is 0 Å². The highest BCUT2D eigenvalue weighted by Gasteiger charge is 2.30. The number of hydrogen-bond acceptors (Lipinski definition) is 1. The molecule has 0 radical (unpaired) electrons. The first kappa shape index (κ1) is 14.1. The van der Waals surface area contributed by atoms with E-state index in [0.29, 0.717) is 6.54 Å². The first-order chi connectivity index (χ1) is 7.81. The van der Waals surface area contributed by atoms with Gasteiger partial charge in [-0.1, -0.05) is 51.1 Å². The van der Waals surface area contributed by atoms with Crippen molar-refractivity contribution in [3.05, 3.63) is 35.9 Å². The molecule has 0 heterocycles. The minimum absolute atomic E-state index is 0.0725. The maximum absolute atomic E-state index is 13.7. The zero-order valence-electron chi connectivity index (χ0n) is 10.8. The van der Waals surface area contributed by atoms with Gasteiger partial charge in [0, 0.05) is 5.56 Å². The predicted octanol–water partition coefficient (Wildman–Crippen LogP) is 3.80. The van der Waals surface area contributed by atoms with Gasteiger partial charge in [-0.15, -0.1) is 0 Å². The van der Waals surface area contributed by atoms with Crippen LogP contribution in [0.3, 0.4) is 0 Å². The van der Waals surface area contributed by atoms with Gasteiger partial charge in [0.15, 0.2) is 0 Å². The standard InChI is InChI=1S/C14H21F2N/c1-13(2,3)9-10-17-11-14(15,16)12-7-5-4-6-8-12/h4-8,17H,9-11H2,1-3H3. The van der Waals surface area contributed by atoms with Crippen molar-refractivity contribution >= 4 is 0 Å². The molecule has 0 aromatic heterocycles. The van der Waals surface area contributed by atoms with Gasteiger partial charge < -0.3 is 5.32 Å². The summed E-state index contributed by atoms with van der Waals surface area (Å²) in [5.74, 6) is -2.79. The van der Waals surface area contributed by atoms with Crippen LogP contribution in [0.4, 0.5) is 8.78 Å². The zero-order valence-corrected chi connectivity index (χ0v) is 10.8. The molecule has 0 bridgehead atoms. The second-order valence-corrected chi connectivity index (χ2v) is 5.56. The molecular formula is C14H21F2N. The summed E-state index contributed by atoms with van der Waals surface area (Å²) in [6.45, 7) is 6.62. The molecule has 1 N–H and O–H groups in total. The first-order valence-electron chi connectivity index (χ1n) is 5.95. The van der Waals surface area contributed by atoms with Crippen LogP contribution in [-0.2, 0) is 5.92 Å². The quantitative estimate of drug-likeness (QED) is 0.773. The number of alkyl halides is 2. The molecule has 0 spiro atoms. The van der Waals surface area contributed by atoms with Crippen molar-refractivity contribution in [3.63, 3.8) is 0 Å². The molecule has 1 rings (SSSR count). The lowest BCUT2D eigenvalue weighted by Crippen LogP contribution is -2.32. The molecule has 1 aromatic carbocycles. The van der Waals surface area contributed by atoms with Crippen LogP contribution in [0.25, 0.3) is 0 Å². The van der Waals surface area contributed by atoms with E-state index in [1.807, 2.05) is 0 Å². The third-order valence-electron chi connectivity index (χ3n) is 2.59. The minimum Gasteiger partial charge on any atom is -0.311 e. The van der Waals surface area contributed by atoms with E-state index in [4.69, 9.17) is 0 Å². The van der Waals surface area contributed by atoms with Crippen molar-refractivity contribution in [1.29, 1.82) is 0 Å². The highest BCUT2D eigenvalue weighted by Crippen LogP contribution is 2.26. The second kappa shape index (κ2) is 5.58. The molecule has 3 heteroatoms. The number of hydrogen-bond donors (Lipinski definition) is 1. The fraction of sp³-hybridized carbons (Fsp3) is 0.571. The fourth-order valence-corrected chi connectivity index (χ4v) is 1.49. The summed E-state index contributed by atoms with van der Waals surface area (Å²) >= 11 is 0. The average molecular weight is 241 g/mol. The molecule has 0 aliphatic carbocycles. The van der Waals surface area contributed by atoms with Crippen LogP contribution in [0.15, 0.2) is 30.3 Å². The second-order valence-electron chi connectivity index (χ2n) is 5.56. The largest absolute Gasteiger partial charge is 0.311 e. The summed E-state index contributed by atoms with van der Waals surface area (Å²) < 4.78 is 27.4. The van der Waals surface area contributed by atoms with Gasteiger partial charge in [0.25, 0.3) is 5.92 Å². The van der Waals surface area contributed by atoms with Crippen molar-refractivity contribution in [2.75, 3.05) is 13.1 Å². The Morgan fingerprint density at radius 1 is 1.06 bits per heavy atom. The molecule has 1 nitrogen and oxygen atoms in total. The van der Waals surface area contributed by atoms with Crippen LogP contribution in [-0.4, -0.2) is 13.1 Å². The Bertz CT molecular complexity index is 328. The Morgan fingerprint density at radius 3 is 2.18 bits per heavy atom. The van der Waals surface area contributed by atoms with Gasteiger partial charge in [-0.05, 0) is 18.4 Å². The number of benzene rings is 1. The summed E-state index contributed by atoms with van der Waals surface area (Å²) in [6.07, 6.45) is 0.887. The molecule has 0 unspecified atom stereocenters. The third-order valence-corrected chi connectivity index (χ3v) is 2.59. The SMILES string of the molecule is CC(C)(C)CCNCC(F)(F)c1ccccc1. The van der Waals surface area contributed by atoms with E-state index in [1.165, 1.54) is 12.1 Å². The van der Waals surface area contributed by atoms with Gasteiger partial charge in [-0.2, -0.15) is 8.78 Å². The Balaban J connectivity index is 2.41. The molecular weight excluding hydrogens is 220 g/mol. The zero-order chi connectivity index (χ0) is 12.9. The van der Waals surface area contributed by atoms with Crippen LogP contribution in [0.1, 0.15) is 32.8 Å². The maximum atomic E-state index is 13.7. The molecule has 96 valence electrons. The van der Waals surface area contributed by atoms with Crippen molar-refractivity contribution in [3.8, 4) is 0 Å². The van der Waals surface area contributed by atoms with E-state index in [9.17, 15) is 8.78 Å². The summed E-state index contributed by atoms with van der Waals surface area (Å²) in [6, 6.07) is 7.94. The van der Waals surface area contributed by atoms with E-state index in [2.05, 4.69) is 26.1 Å². The minimum atomic E-state index is -2.79. The summed E-state index contributed by atoms with van der Waals surface area (Å²) in [7, 11) is 0. The smallest absolute Gasteiger partial charge is 0.285 e. The molecule has 0 atom stereocenters. The van der Waals surface area contributed by atoms with Crippen LogP contribution in [0, 0.1) is 5.41 Å². The van der Waals surface area contributed by atoms with E-state index in [1.54, 1.807) is 18.2 Å². The molecule has 0 aliphatic heterocycles. The molecule has 0 saturated heterocycles. The van der Waals surface area contributed by atoms with Crippen molar-refractivity contribution < 1.29 is 8.78 Å². The molecule has 0 fully saturated rings. The van der Waals surface area contributed by atoms with Crippen LogP contribution < -0.4 is 5.32 Å². The molecule has 17 heavy (non-hydrogen) atoms. The van der Waals surface area contributed by atoms with Crippen molar-refractivity contribution in [1.82, 2.24) is 5.32 Å². The van der Waals surface area contributed by atoms with Gasteiger partial charge in [-0.25, -0.2) is 0 Å². The Hall–Kier alpha value is -0.960. The topological polar surface area (TPSA) is 12.0 Å². The van der Waals surface area contributed by atoms with Crippen LogP contribution >= 0.6 is 0 Å². The van der Waals surface area contributed by atoms with Gasteiger partial charge >= 0.3 is 0 Å². The van der Waals surface area contributed by atoms with E-state index >= 15 is 0 Å². The van der Waals surface area contributed by atoms with Gasteiger partial charge in [0.2, 0.25) is 0 Å². The van der Waals surface area contributed by atoms with E-state index < -0.39 is 5.92 Å². The normalized spacial score (nSPS) is 12.8. The Labute approximate surface area is 102 Å². The van der Waals surface area contributed by atoms with Gasteiger partial charge in [-0.3, -0.25) is 0 Å². The first-order valence-corrected chi connectivity index (χ1v) is 5.95. The Morgan fingerprint density at radius 2 is 1.65 bits per heavy atom. The molecule has 0 saturated carbocycles.